The van der Waals surface area contributed by atoms with Gasteiger partial charge < -0.3 is 0 Å². The fourth-order valence-electron chi connectivity index (χ4n) is 2.00. The first-order valence-corrected chi connectivity index (χ1v) is 9.18. The Kier molecular flexibility index (Phi) is 4.14. The lowest BCUT2D eigenvalue weighted by molar-refractivity contribution is 0.592. The van der Waals surface area contributed by atoms with Crippen molar-refractivity contribution in [2.24, 2.45) is 0 Å². The number of rotatable bonds is 3. The Morgan fingerprint density at radius 2 is 1.43 bits per heavy atom. The number of hydrogen-bond donors (Lipinski definition) is 0. The molecule has 0 radical (unpaired) electrons. The molecule has 0 aliphatic rings. The smallest absolute Gasteiger partial charge is 0.221 e. The molecular formula is C15H11Cl2N3O2S. The third kappa shape index (κ3) is 3.39. The van der Waals surface area contributed by atoms with Crippen molar-refractivity contribution >= 4 is 33.0 Å². The molecule has 0 fully saturated rings. The van der Waals surface area contributed by atoms with E-state index in [0.717, 1.165) is 6.26 Å². The van der Waals surface area contributed by atoms with Gasteiger partial charge in [0.1, 0.15) is 0 Å². The Hall–Kier alpha value is -1.89. The molecule has 0 saturated heterocycles. The molecule has 3 aromatic rings. The highest BCUT2D eigenvalue weighted by molar-refractivity contribution is 7.90. The van der Waals surface area contributed by atoms with Crippen LogP contribution >= 0.6 is 23.2 Å². The van der Waals surface area contributed by atoms with Crippen LogP contribution in [-0.2, 0) is 9.84 Å². The molecule has 0 unspecified atom stereocenters. The van der Waals surface area contributed by atoms with Crippen molar-refractivity contribution in [3.63, 3.8) is 0 Å². The zero-order valence-electron chi connectivity index (χ0n) is 11.9. The number of benzene rings is 2. The quantitative estimate of drug-likeness (QED) is 0.708. The van der Waals surface area contributed by atoms with E-state index >= 15 is 0 Å². The maximum absolute atomic E-state index is 11.8. The molecule has 8 heteroatoms. The Labute approximate surface area is 143 Å². The first kappa shape index (κ1) is 16.0. The van der Waals surface area contributed by atoms with Crippen LogP contribution in [0.15, 0.2) is 53.7 Å². The third-order valence-electron chi connectivity index (χ3n) is 3.09. The molecule has 2 aromatic carbocycles. The molecule has 0 atom stereocenters. The molecule has 0 aliphatic carbocycles. The first-order valence-electron chi connectivity index (χ1n) is 6.53. The van der Waals surface area contributed by atoms with Crippen molar-refractivity contribution < 1.29 is 8.42 Å². The largest absolute Gasteiger partial charge is 0.267 e. The van der Waals surface area contributed by atoms with Crippen molar-refractivity contribution in [1.82, 2.24) is 14.8 Å². The van der Waals surface area contributed by atoms with Crippen molar-refractivity contribution in [3.05, 3.63) is 58.6 Å². The summed E-state index contributed by atoms with van der Waals surface area (Å²) in [4.78, 5) is 4.17. The van der Waals surface area contributed by atoms with E-state index in [4.69, 9.17) is 23.2 Å². The highest BCUT2D eigenvalue weighted by Crippen LogP contribution is 2.24. The van der Waals surface area contributed by atoms with Gasteiger partial charge in [0.25, 0.3) is 5.16 Å². The lowest BCUT2D eigenvalue weighted by Crippen LogP contribution is -2.02. The van der Waals surface area contributed by atoms with Gasteiger partial charge in [-0.25, -0.2) is 13.1 Å². The Bertz CT molecular complexity index is 886. The van der Waals surface area contributed by atoms with E-state index in [1.165, 1.54) is 4.68 Å². The molecule has 3 rings (SSSR count). The number of halogens is 2. The average molecular weight is 368 g/mol. The minimum Gasteiger partial charge on any atom is -0.221 e. The summed E-state index contributed by atoms with van der Waals surface area (Å²) in [6, 6.07) is 13.8. The third-order valence-corrected chi connectivity index (χ3v) is 4.43. The SMILES string of the molecule is CS(=O)(=O)c1nc(-c2ccc(Cl)cc2)n(-c2ccc(Cl)cc2)n1. The van der Waals surface area contributed by atoms with Crippen LogP contribution in [0.3, 0.4) is 0 Å². The molecule has 1 aromatic heterocycles. The topological polar surface area (TPSA) is 64.8 Å². The van der Waals surface area contributed by atoms with Gasteiger partial charge in [-0.3, -0.25) is 0 Å². The lowest BCUT2D eigenvalue weighted by Gasteiger charge is -2.06. The van der Waals surface area contributed by atoms with Crippen LogP contribution in [0.5, 0.6) is 0 Å². The van der Waals surface area contributed by atoms with Crippen LogP contribution in [0.2, 0.25) is 10.0 Å². The molecule has 0 aliphatic heterocycles. The van der Waals surface area contributed by atoms with E-state index in [0.29, 0.717) is 27.1 Å². The molecule has 0 spiro atoms. The van der Waals surface area contributed by atoms with E-state index in [2.05, 4.69) is 10.1 Å². The van der Waals surface area contributed by atoms with E-state index in [-0.39, 0.29) is 5.16 Å². The van der Waals surface area contributed by atoms with Gasteiger partial charge in [-0.15, -0.1) is 5.10 Å². The molecule has 1 heterocycles. The summed E-state index contributed by atoms with van der Waals surface area (Å²) in [6.07, 6.45) is 1.07. The monoisotopic (exact) mass is 367 g/mol. The highest BCUT2D eigenvalue weighted by Gasteiger charge is 2.20. The fourth-order valence-corrected chi connectivity index (χ4v) is 2.73. The van der Waals surface area contributed by atoms with Crippen LogP contribution in [0.1, 0.15) is 0 Å². The summed E-state index contributed by atoms with van der Waals surface area (Å²) in [5.41, 5.74) is 1.36. The Morgan fingerprint density at radius 1 is 0.913 bits per heavy atom. The van der Waals surface area contributed by atoms with Gasteiger partial charge in [-0.2, -0.15) is 4.98 Å². The van der Waals surface area contributed by atoms with Gasteiger partial charge in [-0.1, -0.05) is 23.2 Å². The maximum Gasteiger partial charge on any atom is 0.267 e. The highest BCUT2D eigenvalue weighted by atomic mass is 35.5. The number of aromatic nitrogens is 3. The molecule has 23 heavy (non-hydrogen) atoms. The standard InChI is InChI=1S/C15H11Cl2N3O2S/c1-23(21,22)15-18-14(10-2-4-11(16)5-3-10)20(19-15)13-8-6-12(17)7-9-13/h2-9H,1H3. The van der Waals surface area contributed by atoms with Gasteiger partial charge in [0, 0.05) is 21.9 Å². The zero-order chi connectivity index (χ0) is 16.6. The lowest BCUT2D eigenvalue weighted by atomic mass is 10.2. The average Bonchev–Trinajstić information content (AvgIpc) is 2.94. The summed E-state index contributed by atoms with van der Waals surface area (Å²) in [5.74, 6) is 0.407. The van der Waals surface area contributed by atoms with Crippen LogP contribution in [0.4, 0.5) is 0 Å². The van der Waals surface area contributed by atoms with E-state index in [1.54, 1.807) is 48.5 Å². The van der Waals surface area contributed by atoms with Crippen molar-refractivity contribution in [2.45, 2.75) is 5.16 Å². The van der Waals surface area contributed by atoms with E-state index < -0.39 is 9.84 Å². The van der Waals surface area contributed by atoms with E-state index in [9.17, 15) is 8.42 Å². The molecule has 118 valence electrons. The number of sulfone groups is 1. The summed E-state index contributed by atoms with van der Waals surface area (Å²) in [6.45, 7) is 0. The van der Waals surface area contributed by atoms with Gasteiger partial charge in [0.15, 0.2) is 5.82 Å². The second-order valence-electron chi connectivity index (χ2n) is 4.89. The van der Waals surface area contributed by atoms with Crippen LogP contribution in [0.25, 0.3) is 17.1 Å². The van der Waals surface area contributed by atoms with Crippen molar-refractivity contribution in [3.8, 4) is 17.1 Å². The van der Waals surface area contributed by atoms with Crippen molar-refractivity contribution in [2.75, 3.05) is 6.26 Å². The predicted octanol–water partition coefficient (Wildman–Crippen LogP) is 3.64. The zero-order valence-corrected chi connectivity index (χ0v) is 14.3. The van der Waals surface area contributed by atoms with Crippen molar-refractivity contribution in [1.29, 1.82) is 0 Å². The molecule has 0 N–H and O–H groups in total. The maximum atomic E-state index is 11.8. The molecule has 0 bridgehead atoms. The fraction of sp³-hybridized carbons (Fsp3) is 0.0667. The molecule has 0 saturated carbocycles. The second-order valence-corrected chi connectivity index (χ2v) is 7.67. The van der Waals surface area contributed by atoms with Gasteiger partial charge in [-0.05, 0) is 48.5 Å². The van der Waals surface area contributed by atoms with Gasteiger partial charge in [0.05, 0.1) is 5.69 Å². The molecule has 5 nitrogen and oxygen atoms in total. The number of hydrogen-bond acceptors (Lipinski definition) is 4. The molecule has 0 amide bonds. The van der Waals surface area contributed by atoms with Crippen LogP contribution in [-0.4, -0.2) is 29.4 Å². The Morgan fingerprint density at radius 3 is 1.96 bits per heavy atom. The summed E-state index contributed by atoms with van der Waals surface area (Å²) >= 11 is 11.8. The normalized spacial score (nSPS) is 11.6. The van der Waals surface area contributed by atoms with E-state index in [1.807, 2.05) is 0 Å². The van der Waals surface area contributed by atoms with Crippen LogP contribution < -0.4 is 0 Å². The summed E-state index contributed by atoms with van der Waals surface area (Å²) in [7, 11) is -3.53. The molecular weight excluding hydrogens is 357 g/mol. The first-order chi connectivity index (χ1) is 10.8. The van der Waals surface area contributed by atoms with Gasteiger partial charge >= 0.3 is 0 Å². The summed E-state index contributed by atoms with van der Waals surface area (Å²) < 4.78 is 25.0. The van der Waals surface area contributed by atoms with Gasteiger partial charge in [0.2, 0.25) is 9.84 Å². The van der Waals surface area contributed by atoms with Crippen LogP contribution in [0, 0.1) is 0 Å². The Balaban J connectivity index is 2.22. The second kappa shape index (κ2) is 5.96. The minimum absolute atomic E-state index is 0.239. The minimum atomic E-state index is -3.53. The number of nitrogens with zero attached hydrogens (tertiary/aromatic N) is 3. The summed E-state index contributed by atoms with van der Waals surface area (Å²) in [5, 5.41) is 5.04. The predicted molar refractivity (Wildman–Crippen MR) is 89.9 cm³/mol.